The van der Waals surface area contributed by atoms with Crippen molar-refractivity contribution in [2.45, 2.75) is 20.3 Å². The molecule has 1 fully saturated rings. The molecule has 0 N–H and O–H groups in total. The van der Waals surface area contributed by atoms with Gasteiger partial charge in [0.25, 0.3) is 0 Å². The number of hydrogen-bond donors (Lipinski definition) is 0. The van der Waals surface area contributed by atoms with E-state index in [0.717, 1.165) is 36.2 Å². The Hall–Kier alpha value is -2.11. The Bertz CT molecular complexity index is 603. The van der Waals surface area contributed by atoms with Crippen LogP contribution < -0.4 is 9.64 Å². The van der Waals surface area contributed by atoms with Crippen LogP contribution in [0.1, 0.15) is 17.9 Å². The highest BCUT2D eigenvalue weighted by atomic mass is 16.5. The van der Waals surface area contributed by atoms with E-state index in [-0.39, 0.29) is 0 Å². The van der Waals surface area contributed by atoms with Gasteiger partial charge in [-0.25, -0.2) is 4.98 Å². The third-order valence-corrected chi connectivity index (χ3v) is 3.43. The van der Waals surface area contributed by atoms with Gasteiger partial charge in [-0.2, -0.15) is 0 Å². The molecule has 6 nitrogen and oxygen atoms in total. The molecule has 0 saturated carbocycles. The molecule has 6 heteroatoms. The van der Waals surface area contributed by atoms with Gasteiger partial charge in [0, 0.05) is 19.2 Å². The van der Waals surface area contributed by atoms with Crippen LogP contribution in [-0.4, -0.2) is 39.9 Å². The first-order valence-corrected chi connectivity index (χ1v) is 6.39. The van der Waals surface area contributed by atoms with Crippen LogP contribution in [0.2, 0.25) is 0 Å². The largest absolute Gasteiger partial charge is 0.481 e. The molecule has 2 aromatic heterocycles. The first kappa shape index (κ1) is 12.0. The summed E-state index contributed by atoms with van der Waals surface area (Å²) in [6.07, 6.45) is 1.21. The predicted octanol–water partition coefficient (Wildman–Crippen LogP) is 1.50. The molecule has 0 aromatic carbocycles. The standard InChI is InChI=1S/C13H17N5O/c1-9-11(5-6-12(14-9)19-3)18-10(2)15-16-13(18)17-7-4-8-17/h5-6H,4,7-8H2,1-3H3. The van der Waals surface area contributed by atoms with Crippen LogP contribution in [0.4, 0.5) is 5.95 Å². The van der Waals surface area contributed by atoms with E-state index in [1.807, 2.05) is 26.0 Å². The van der Waals surface area contributed by atoms with Gasteiger partial charge < -0.3 is 9.64 Å². The smallest absolute Gasteiger partial charge is 0.231 e. The summed E-state index contributed by atoms with van der Waals surface area (Å²) < 4.78 is 7.20. The number of methoxy groups -OCH3 is 1. The van der Waals surface area contributed by atoms with Gasteiger partial charge in [0.2, 0.25) is 11.8 Å². The zero-order valence-electron chi connectivity index (χ0n) is 11.4. The lowest BCUT2D eigenvalue weighted by Gasteiger charge is -2.31. The number of anilines is 1. The molecule has 1 aliphatic heterocycles. The van der Waals surface area contributed by atoms with Crippen LogP contribution in [0, 0.1) is 13.8 Å². The molecule has 0 bridgehead atoms. The monoisotopic (exact) mass is 259 g/mol. The van der Waals surface area contributed by atoms with Crippen molar-refractivity contribution in [1.29, 1.82) is 0 Å². The fraction of sp³-hybridized carbons (Fsp3) is 0.462. The van der Waals surface area contributed by atoms with E-state index in [0.29, 0.717) is 5.88 Å². The third-order valence-electron chi connectivity index (χ3n) is 3.43. The van der Waals surface area contributed by atoms with E-state index in [2.05, 4.69) is 24.6 Å². The van der Waals surface area contributed by atoms with Crippen molar-refractivity contribution in [2.75, 3.05) is 25.1 Å². The summed E-state index contributed by atoms with van der Waals surface area (Å²) in [5.74, 6) is 2.40. The third kappa shape index (κ3) is 1.93. The Kier molecular flexibility index (Phi) is 2.85. The number of pyridine rings is 1. The lowest BCUT2D eigenvalue weighted by atomic mass is 10.2. The highest BCUT2D eigenvalue weighted by Gasteiger charge is 2.23. The molecule has 0 spiro atoms. The van der Waals surface area contributed by atoms with Crippen LogP contribution in [0.5, 0.6) is 5.88 Å². The minimum atomic E-state index is 0.623. The van der Waals surface area contributed by atoms with Crippen LogP contribution in [0.15, 0.2) is 12.1 Å². The molecule has 3 rings (SSSR count). The number of hydrogen-bond acceptors (Lipinski definition) is 5. The van der Waals surface area contributed by atoms with E-state index >= 15 is 0 Å². The lowest BCUT2D eigenvalue weighted by molar-refractivity contribution is 0.397. The topological polar surface area (TPSA) is 56.1 Å². The van der Waals surface area contributed by atoms with Crippen molar-refractivity contribution in [3.8, 4) is 11.6 Å². The summed E-state index contributed by atoms with van der Waals surface area (Å²) in [4.78, 5) is 6.64. The summed E-state index contributed by atoms with van der Waals surface area (Å²) in [5.41, 5.74) is 1.91. The summed E-state index contributed by atoms with van der Waals surface area (Å²) in [7, 11) is 1.62. The van der Waals surface area contributed by atoms with Crippen LogP contribution in [0.25, 0.3) is 5.69 Å². The molecule has 3 heterocycles. The maximum absolute atomic E-state index is 5.15. The van der Waals surface area contributed by atoms with E-state index in [1.165, 1.54) is 6.42 Å². The molecule has 0 radical (unpaired) electrons. The molecule has 2 aromatic rings. The lowest BCUT2D eigenvalue weighted by Crippen LogP contribution is -2.39. The Labute approximate surface area is 112 Å². The first-order valence-electron chi connectivity index (χ1n) is 6.39. The summed E-state index contributed by atoms with van der Waals surface area (Å²) in [5, 5.41) is 8.47. The summed E-state index contributed by atoms with van der Waals surface area (Å²) in [6.45, 7) is 6.01. The van der Waals surface area contributed by atoms with E-state index in [9.17, 15) is 0 Å². The normalized spacial score (nSPS) is 14.4. The van der Waals surface area contributed by atoms with Crippen molar-refractivity contribution >= 4 is 5.95 Å². The van der Waals surface area contributed by atoms with Gasteiger partial charge in [-0.15, -0.1) is 10.2 Å². The van der Waals surface area contributed by atoms with Crippen molar-refractivity contribution in [1.82, 2.24) is 19.7 Å². The zero-order chi connectivity index (χ0) is 13.4. The van der Waals surface area contributed by atoms with E-state index < -0.39 is 0 Å². The van der Waals surface area contributed by atoms with E-state index in [4.69, 9.17) is 4.74 Å². The quantitative estimate of drug-likeness (QED) is 0.836. The number of aromatic nitrogens is 4. The highest BCUT2D eigenvalue weighted by molar-refractivity contribution is 5.48. The zero-order valence-corrected chi connectivity index (χ0v) is 11.4. The summed E-state index contributed by atoms with van der Waals surface area (Å²) >= 11 is 0. The van der Waals surface area contributed by atoms with Gasteiger partial charge >= 0.3 is 0 Å². The molecular weight excluding hydrogens is 242 g/mol. The fourth-order valence-electron chi connectivity index (χ4n) is 2.23. The average Bonchev–Trinajstić information content (AvgIpc) is 2.69. The van der Waals surface area contributed by atoms with Gasteiger partial charge in [-0.05, 0) is 26.3 Å². The molecule has 100 valence electrons. The second-order valence-corrected chi connectivity index (χ2v) is 4.68. The second-order valence-electron chi connectivity index (χ2n) is 4.68. The number of nitrogens with zero attached hydrogens (tertiary/aromatic N) is 5. The summed E-state index contributed by atoms with van der Waals surface area (Å²) in [6, 6.07) is 3.86. The molecule has 0 unspecified atom stereocenters. The predicted molar refractivity (Wildman–Crippen MR) is 72.0 cm³/mol. The molecule has 0 amide bonds. The molecule has 0 aliphatic carbocycles. The van der Waals surface area contributed by atoms with E-state index in [1.54, 1.807) is 7.11 Å². The average molecular weight is 259 g/mol. The van der Waals surface area contributed by atoms with Gasteiger partial charge in [0.05, 0.1) is 18.5 Å². The number of aryl methyl sites for hydroxylation is 2. The molecular formula is C13H17N5O. The van der Waals surface area contributed by atoms with Crippen molar-refractivity contribution in [3.63, 3.8) is 0 Å². The fourth-order valence-corrected chi connectivity index (χ4v) is 2.23. The van der Waals surface area contributed by atoms with Gasteiger partial charge in [0.1, 0.15) is 5.82 Å². The van der Waals surface area contributed by atoms with Gasteiger partial charge in [-0.1, -0.05) is 0 Å². The van der Waals surface area contributed by atoms with Crippen LogP contribution in [-0.2, 0) is 0 Å². The molecule has 0 atom stereocenters. The minimum Gasteiger partial charge on any atom is -0.481 e. The molecule has 1 saturated heterocycles. The van der Waals surface area contributed by atoms with Gasteiger partial charge in [0.15, 0.2) is 0 Å². The van der Waals surface area contributed by atoms with Gasteiger partial charge in [-0.3, -0.25) is 4.57 Å². The van der Waals surface area contributed by atoms with Crippen molar-refractivity contribution in [3.05, 3.63) is 23.7 Å². The molecule has 19 heavy (non-hydrogen) atoms. The maximum atomic E-state index is 5.15. The van der Waals surface area contributed by atoms with Crippen LogP contribution in [0.3, 0.4) is 0 Å². The van der Waals surface area contributed by atoms with Crippen LogP contribution >= 0.6 is 0 Å². The Morgan fingerprint density at radius 2 is 1.95 bits per heavy atom. The first-order chi connectivity index (χ1) is 9.20. The van der Waals surface area contributed by atoms with Crippen molar-refractivity contribution in [2.24, 2.45) is 0 Å². The number of rotatable bonds is 3. The maximum Gasteiger partial charge on any atom is 0.231 e. The number of ether oxygens (including phenoxy) is 1. The Balaban J connectivity index is 2.08. The highest BCUT2D eigenvalue weighted by Crippen LogP contribution is 2.25. The Morgan fingerprint density at radius 1 is 1.16 bits per heavy atom. The Morgan fingerprint density at radius 3 is 2.53 bits per heavy atom. The minimum absolute atomic E-state index is 0.623. The SMILES string of the molecule is COc1ccc(-n2c(C)nnc2N2CCC2)c(C)n1. The molecule has 1 aliphatic rings. The van der Waals surface area contributed by atoms with Crippen molar-refractivity contribution < 1.29 is 4.74 Å². The second kappa shape index (κ2) is 4.53.